The monoisotopic (exact) mass is 366 g/mol. The summed E-state index contributed by atoms with van der Waals surface area (Å²) in [5.74, 6) is -0.165. The van der Waals surface area contributed by atoms with E-state index in [-0.39, 0.29) is 18.6 Å². The molecule has 0 fully saturated rings. The number of nitrogens with zero attached hydrogens (tertiary/aromatic N) is 4. The summed E-state index contributed by atoms with van der Waals surface area (Å²) in [7, 11) is 1.61. The molecule has 0 bridgehead atoms. The summed E-state index contributed by atoms with van der Waals surface area (Å²) < 4.78 is 21.6. The number of aryl methyl sites for hydroxylation is 1. The minimum Gasteiger partial charge on any atom is -0.457 e. The van der Waals surface area contributed by atoms with Crippen LogP contribution in [0, 0.1) is 5.82 Å². The van der Waals surface area contributed by atoms with Crippen molar-refractivity contribution in [3.05, 3.63) is 76.1 Å². The molecule has 27 heavy (non-hydrogen) atoms. The van der Waals surface area contributed by atoms with Gasteiger partial charge < -0.3 is 4.74 Å². The molecule has 2 aromatic carbocycles. The average Bonchev–Trinajstić information content (AvgIpc) is 3.09. The van der Waals surface area contributed by atoms with Crippen LogP contribution in [0.1, 0.15) is 11.4 Å². The third kappa shape index (κ3) is 3.05. The highest BCUT2D eigenvalue weighted by Gasteiger charge is 2.16. The molecule has 4 rings (SSSR count). The second-order valence-electron chi connectivity index (χ2n) is 6.10. The normalized spacial score (nSPS) is 11.2. The Bertz CT molecular complexity index is 1230. The van der Waals surface area contributed by atoms with Crippen LogP contribution in [0.25, 0.3) is 16.7 Å². The number of benzene rings is 2. The zero-order chi connectivity index (χ0) is 19.0. The summed E-state index contributed by atoms with van der Waals surface area (Å²) in [5, 5.41) is 8.61. The first-order valence-electron chi connectivity index (χ1n) is 8.26. The summed E-state index contributed by atoms with van der Waals surface area (Å²) in [5.41, 5.74) is 0.982. The Morgan fingerprint density at radius 3 is 2.78 bits per heavy atom. The number of carbonyl (C=O) groups excluding carboxylic acids is 1. The predicted molar refractivity (Wildman–Crippen MR) is 95.6 cm³/mol. The second-order valence-corrected chi connectivity index (χ2v) is 6.10. The molecule has 0 atom stereocenters. The predicted octanol–water partition coefficient (Wildman–Crippen LogP) is 2.01. The van der Waals surface area contributed by atoms with Crippen LogP contribution in [-0.2, 0) is 29.6 Å². The van der Waals surface area contributed by atoms with Crippen molar-refractivity contribution in [2.75, 3.05) is 0 Å². The maximum absolute atomic E-state index is 13.2. The van der Waals surface area contributed by atoms with E-state index < -0.39 is 11.8 Å². The van der Waals surface area contributed by atoms with Gasteiger partial charge in [-0.25, -0.2) is 4.39 Å². The Balaban J connectivity index is 1.63. The van der Waals surface area contributed by atoms with Gasteiger partial charge in [-0.1, -0.05) is 24.3 Å². The fourth-order valence-corrected chi connectivity index (χ4v) is 3.00. The number of fused-ring (bicyclic) bond motifs is 3. The Labute approximate surface area is 152 Å². The number of ether oxygens (including phenoxy) is 1. The summed E-state index contributed by atoms with van der Waals surface area (Å²) in [6.07, 6.45) is -0.0479. The number of carbonyl (C=O) groups is 1. The van der Waals surface area contributed by atoms with Gasteiger partial charge in [-0.2, -0.15) is 0 Å². The van der Waals surface area contributed by atoms with E-state index in [1.165, 1.54) is 22.8 Å². The molecule has 0 N–H and O–H groups in total. The van der Waals surface area contributed by atoms with Crippen molar-refractivity contribution in [2.24, 2.45) is 7.05 Å². The number of hydrogen-bond acceptors (Lipinski definition) is 5. The van der Waals surface area contributed by atoms with Gasteiger partial charge in [-0.05, 0) is 29.8 Å². The summed E-state index contributed by atoms with van der Waals surface area (Å²) >= 11 is 0. The molecule has 7 nitrogen and oxygen atoms in total. The molecule has 8 heteroatoms. The van der Waals surface area contributed by atoms with E-state index >= 15 is 0 Å². The van der Waals surface area contributed by atoms with E-state index in [2.05, 4.69) is 10.2 Å². The van der Waals surface area contributed by atoms with Crippen molar-refractivity contribution in [3.8, 4) is 0 Å². The fraction of sp³-hybridized carbons (Fsp3) is 0.158. The SMILES string of the molecule is Cn1c(=O)c2ccccc2n2c(COC(=O)Cc3cccc(F)c3)nnc12. The van der Waals surface area contributed by atoms with Crippen LogP contribution in [-0.4, -0.2) is 25.1 Å². The second kappa shape index (κ2) is 6.64. The number of esters is 1. The highest BCUT2D eigenvalue weighted by atomic mass is 19.1. The molecule has 2 heterocycles. The Morgan fingerprint density at radius 1 is 1.15 bits per heavy atom. The number of para-hydroxylation sites is 1. The van der Waals surface area contributed by atoms with Crippen LogP contribution >= 0.6 is 0 Å². The van der Waals surface area contributed by atoms with E-state index in [0.717, 1.165) is 0 Å². The van der Waals surface area contributed by atoms with E-state index in [4.69, 9.17) is 4.74 Å². The van der Waals surface area contributed by atoms with E-state index in [9.17, 15) is 14.0 Å². The standard InChI is InChI=1S/C19H15FN4O3/c1-23-18(26)14-7-2-3-8-15(14)24-16(21-22-19(23)24)11-27-17(25)10-12-5-4-6-13(20)9-12/h2-9H,10-11H2,1H3. The Kier molecular flexibility index (Phi) is 4.15. The molecule has 0 spiro atoms. The zero-order valence-corrected chi connectivity index (χ0v) is 14.4. The lowest BCUT2D eigenvalue weighted by Crippen LogP contribution is -2.20. The van der Waals surface area contributed by atoms with Crippen molar-refractivity contribution in [2.45, 2.75) is 13.0 Å². The topological polar surface area (TPSA) is 78.5 Å². The van der Waals surface area contributed by atoms with Gasteiger partial charge in [0.15, 0.2) is 12.4 Å². The van der Waals surface area contributed by atoms with Gasteiger partial charge >= 0.3 is 5.97 Å². The smallest absolute Gasteiger partial charge is 0.310 e. The number of hydrogen-bond donors (Lipinski definition) is 0. The van der Waals surface area contributed by atoms with Crippen LogP contribution in [0.4, 0.5) is 4.39 Å². The first-order valence-corrected chi connectivity index (χ1v) is 8.26. The van der Waals surface area contributed by atoms with E-state index in [1.807, 2.05) is 0 Å². The highest BCUT2D eigenvalue weighted by Crippen LogP contribution is 2.14. The maximum atomic E-state index is 13.2. The first kappa shape index (κ1) is 16.9. The summed E-state index contributed by atoms with van der Waals surface area (Å²) in [6, 6.07) is 12.9. The number of rotatable bonds is 4. The molecule has 4 aromatic rings. The van der Waals surface area contributed by atoms with Crippen molar-refractivity contribution in [3.63, 3.8) is 0 Å². The molecule has 2 aromatic heterocycles. The molecule has 0 aliphatic heterocycles. The quantitative estimate of drug-likeness (QED) is 0.516. The molecule has 0 aliphatic carbocycles. The molecule has 136 valence electrons. The van der Waals surface area contributed by atoms with Gasteiger partial charge in [0.05, 0.1) is 17.3 Å². The van der Waals surface area contributed by atoms with Gasteiger partial charge in [-0.15, -0.1) is 10.2 Å². The van der Waals surface area contributed by atoms with Crippen LogP contribution in [0.15, 0.2) is 53.3 Å². The molecule has 0 radical (unpaired) electrons. The van der Waals surface area contributed by atoms with Crippen LogP contribution in [0.2, 0.25) is 0 Å². The third-order valence-electron chi connectivity index (χ3n) is 4.29. The summed E-state index contributed by atoms with van der Waals surface area (Å²) in [6.45, 7) is -0.114. The fourth-order valence-electron chi connectivity index (χ4n) is 3.00. The molecule has 0 aliphatic rings. The average molecular weight is 366 g/mol. The molecule has 0 saturated carbocycles. The lowest BCUT2D eigenvalue weighted by molar-refractivity contribution is -0.144. The lowest BCUT2D eigenvalue weighted by Gasteiger charge is -2.08. The van der Waals surface area contributed by atoms with E-state index in [1.54, 1.807) is 41.8 Å². The molecule has 0 saturated heterocycles. The van der Waals surface area contributed by atoms with Gasteiger partial charge in [0.2, 0.25) is 5.78 Å². The van der Waals surface area contributed by atoms with Crippen LogP contribution in [0.5, 0.6) is 0 Å². The first-order chi connectivity index (χ1) is 13.0. The largest absolute Gasteiger partial charge is 0.457 e. The number of aromatic nitrogens is 4. The van der Waals surface area contributed by atoms with E-state index in [0.29, 0.717) is 28.1 Å². The Morgan fingerprint density at radius 2 is 1.96 bits per heavy atom. The van der Waals surface area contributed by atoms with Gasteiger partial charge in [-0.3, -0.25) is 18.6 Å². The minimum absolute atomic E-state index is 0.0479. The lowest BCUT2D eigenvalue weighted by atomic mass is 10.1. The molecular formula is C19H15FN4O3. The Hall–Kier alpha value is -3.55. The summed E-state index contributed by atoms with van der Waals surface area (Å²) in [4.78, 5) is 24.5. The van der Waals surface area contributed by atoms with Gasteiger partial charge in [0.1, 0.15) is 5.82 Å². The van der Waals surface area contributed by atoms with Crippen molar-refractivity contribution >= 4 is 22.6 Å². The minimum atomic E-state index is -0.508. The van der Waals surface area contributed by atoms with Gasteiger partial charge in [0, 0.05) is 7.05 Å². The van der Waals surface area contributed by atoms with Crippen LogP contribution < -0.4 is 5.56 Å². The molecule has 0 unspecified atom stereocenters. The highest BCUT2D eigenvalue weighted by molar-refractivity contribution is 5.80. The molecule has 0 amide bonds. The van der Waals surface area contributed by atoms with Gasteiger partial charge in [0.25, 0.3) is 5.56 Å². The van der Waals surface area contributed by atoms with Crippen molar-refractivity contribution in [1.82, 2.24) is 19.2 Å². The van der Waals surface area contributed by atoms with Crippen molar-refractivity contribution < 1.29 is 13.9 Å². The maximum Gasteiger partial charge on any atom is 0.310 e. The van der Waals surface area contributed by atoms with Crippen molar-refractivity contribution in [1.29, 1.82) is 0 Å². The third-order valence-corrected chi connectivity index (χ3v) is 4.29. The zero-order valence-electron chi connectivity index (χ0n) is 14.4. The van der Waals surface area contributed by atoms with Crippen LogP contribution in [0.3, 0.4) is 0 Å². The molecular weight excluding hydrogens is 351 g/mol. The number of halogens is 1.